The Balaban J connectivity index is 2.93. The number of nitrogens with one attached hydrogen (secondary N) is 1. The van der Waals surface area contributed by atoms with E-state index in [1.54, 1.807) is 26.0 Å². The highest BCUT2D eigenvalue weighted by Gasteiger charge is 2.22. The van der Waals surface area contributed by atoms with Gasteiger partial charge in [0.1, 0.15) is 0 Å². The van der Waals surface area contributed by atoms with Crippen molar-refractivity contribution in [3.8, 4) is 0 Å². The highest BCUT2D eigenvalue weighted by Crippen LogP contribution is 2.20. The molecule has 6 heteroatoms. The molecule has 0 saturated heterocycles. The van der Waals surface area contributed by atoms with Crippen molar-refractivity contribution < 1.29 is 18.3 Å². The Labute approximate surface area is 121 Å². The third kappa shape index (κ3) is 4.56. The third-order valence-corrected chi connectivity index (χ3v) is 4.58. The van der Waals surface area contributed by atoms with Crippen LogP contribution in [0.25, 0.3) is 0 Å². The second-order valence-corrected chi connectivity index (χ2v) is 7.05. The Bertz CT molecular complexity index is 540. The number of ether oxygens (including phenoxy) is 1. The predicted molar refractivity (Wildman–Crippen MR) is 78.0 cm³/mol. The van der Waals surface area contributed by atoms with Crippen LogP contribution in [0.3, 0.4) is 0 Å². The Morgan fingerprint density at radius 2 is 2.05 bits per heavy atom. The number of sulfonamides is 1. The topological polar surface area (TPSA) is 75.6 Å². The van der Waals surface area contributed by atoms with E-state index in [4.69, 9.17) is 4.74 Å². The quantitative estimate of drug-likeness (QED) is 0.805. The van der Waals surface area contributed by atoms with Gasteiger partial charge in [-0.1, -0.05) is 19.1 Å². The lowest BCUT2D eigenvalue weighted by Gasteiger charge is -2.23. The second-order valence-electron chi connectivity index (χ2n) is 5.28. The van der Waals surface area contributed by atoms with E-state index in [0.29, 0.717) is 12.0 Å². The summed E-state index contributed by atoms with van der Waals surface area (Å²) in [6, 6.07) is 6.35. The molecular formula is C14H23NO4S. The van der Waals surface area contributed by atoms with E-state index in [1.165, 1.54) is 19.2 Å². The standard InChI is InChI=1S/C14H23NO4S/c1-5-13(16)11-7-6-8-12(9-11)20(17,18)15-10-14(2,3)19-4/h6-9,13,15-16H,5,10H2,1-4H3. The normalized spacial score (nSPS) is 14.2. The minimum absolute atomic E-state index is 0.148. The molecular weight excluding hydrogens is 278 g/mol. The van der Waals surface area contributed by atoms with Gasteiger partial charge in [0.05, 0.1) is 16.6 Å². The Morgan fingerprint density at radius 3 is 2.60 bits per heavy atom. The summed E-state index contributed by atoms with van der Waals surface area (Å²) in [5.74, 6) is 0. The van der Waals surface area contributed by atoms with Crippen molar-refractivity contribution in [2.24, 2.45) is 0 Å². The van der Waals surface area contributed by atoms with Gasteiger partial charge in [0, 0.05) is 13.7 Å². The maximum atomic E-state index is 12.2. The summed E-state index contributed by atoms with van der Waals surface area (Å²) in [5.41, 5.74) is 0.0227. The van der Waals surface area contributed by atoms with Crippen LogP contribution in [0.2, 0.25) is 0 Å². The van der Waals surface area contributed by atoms with Crippen molar-refractivity contribution in [2.45, 2.75) is 43.8 Å². The first kappa shape index (κ1) is 17.1. The largest absolute Gasteiger partial charge is 0.388 e. The van der Waals surface area contributed by atoms with Crippen LogP contribution in [0.15, 0.2) is 29.2 Å². The monoisotopic (exact) mass is 301 g/mol. The smallest absolute Gasteiger partial charge is 0.240 e. The molecule has 114 valence electrons. The van der Waals surface area contributed by atoms with Gasteiger partial charge >= 0.3 is 0 Å². The molecule has 2 N–H and O–H groups in total. The molecule has 5 nitrogen and oxygen atoms in total. The van der Waals surface area contributed by atoms with E-state index in [-0.39, 0.29) is 11.4 Å². The lowest BCUT2D eigenvalue weighted by atomic mass is 10.1. The predicted octanol–water partition coefficient (Wildman–Crippen LogP) is 1.83. The van der Waals surface area contributed by atoms with Gasteiger partial charge in [-0.15, -0.1) is 0 Å². The van der Waals surface area contributed by atoms with Crippen molar-refractivity contribution in [1.82, 2.24) is 4.72 Å². The molecule has 1 aromatic rings. The van der Waals surface area contributed by atoms with Gasteiger partial charge in [-0.2, -0.15) is 0 Å². The van der Waals surface area contributed by atoms with E-state index < -0.39 is 21.7 Å². The van der Waals surface area contributed by atoms with E-state index in [9.17, 15) is 13.5 Å². The molecule has 0 spiro atoms. The minimum atomic E-state index is -3.61. The van der Waals surface area contributed by atoms with Crippen LogP contribution in [0.5, 0.6) is 0 Å². The summed E-state index contributed by atoms with van der Waals surface area (Å²) in [7, 11) is -2.07. The number of rotatable bonds is 7. The van der Waals surface area contributed by atoms with Crippen LogP contribution in [-0.4, -0.2) is 32.8 Å². The molecule has 0 aliphatic carbocycles. The Morgan fingerprint density at radius 1 is 1.40 bits per heavy atom. The molecule has 0 aromatic heterocycles. The van der Waals surface area contributed by atoms with E-state index in [1.807, 2.05) is 6.92 Å². The molecule has 0 bridgehead atoms. The number of hydrogen-bond acceptors (Lipinski definition) is 4. The molecule has 1 rings (SSSR count). The van der Waals surface area contributed by atoms with Crippen LogP contribution in [-0.2, 0) is 14.8 Å². The zero-order valence-electron chi connectivity index (χ0n) is 12.4. The summed E-state index contributed by atoms with van der Waals surface area (Å²) in [4.78, 5) is 0.148. The molecule has 0 aliphatic rings. The first-order valence-corrected chi connectivity index (χ1v) is 8.03. The van der Waals surface area contributed by atoms with Gasteiger partial charge in [0.2, 0.25) is 10.0 Å². The summed E-state index contributed by atoms with van der Waals surface area (Å²) in [6.07, 6.45) is -0.117. The Hall–Kier alpha value is -0.950. The first-order valence-electron chi connectivity index (χ1n) is 6.54. The maximum absolute atomic E-state index is 12.2. The van der Waals surface area contributed by atoms with Gasteiger partial charge in [-0.25, -0.2) is 13.1 Å². The molecule has 0 fully saturated rings. The molecule has 0 heterocycles. The minimum Gasteiger partial charge on any atom is -0.388 e. The lowest BCUT2D eigenvalue weighted by molar-refractivity contribution is 0.0276. The zero-order chi connectivity index (χ0) is 15.4. The van der Waals surface area contributed by atoms with Gasteiger partial charge in [0.25, 0.3) is 0 Å². The molecule has 0 aliphatic heterocycles. The van der Waals surface area contributed by atoms with Crippen LogP contribution < -0.4 is 4.72 Å². The van der Waals surface area contributed by atoms with E-state index in [0.717, 1.165) is 0 Å². The zero-order valence-corrected chi connectivity index (χ0v) is 13.2. The van der Waals surface area contributed by atoms with Crippen molar-refractivity contribution >= 4 is 10.0 Å². The van der Waals surface area contributed by atoms with Crippen LogP contribution in [0.1, 0.15) is 38.9 Å². The number of aliphatic hydroxyl groups is 1. The van der Waals surface area contributed by atoms with E-state index in [2.05, 4.69) is 4.72 Å². The fourth-order valence-corrected chi connectivity index (χ4v) is 2.80. The summed E-state index contributed by atoms with van der Waals surface area (Å²) in [6.45, 7) is 5.61. The van der Waals surface area contributed by atoms with Gasteiger partial charge in [-0.05, 0) is 38.0 Å². The molecule has 1 atom stereocenters. The molecule has 1 aromatic carbocycles. The molecule has 0 saturated carbocycles. The first-order chi connectivity index (χ1) is 9.22. The van der Waals surface area contributed by atoms with Gasteiger partial charge in [0.15, 0.2) is 0 Å². The highest BCUT2D eigenvalue weighted by molar-refractivity contribution is 7.89. The highest BCUT2D eigenvalue weighted by atomic mass is 32.2. The van der Waals surface area contributed by atoms with Crippen LogP contribution in [0, 0.1) is 0 Å². The number of aliphatic hydroxyl groups excluding tert-OH is 1. The molecule has 20 heavy (non-hydrogen) atoms. The van der Waals surface area contributed by atoms with Crippen molar-refractivity contribution in [2.75, 3.05) is 13.7 Å². The summed E-state index contributed by atoms with van der Waals surface area (Å²) >= 11 is 0. The molecule has 0 radical (unpaired) electrons. The lowest BCUT2D eigenvalue weighted by Crippen LogP contribution is -2.39. The van der Waals surface area contributed by atoms with Crippen molar-refractivity contribution in [3.05, 3.63) is 29.8 Å². The van der Waals surface area contributed by atoms with E-state index >= 15 is 0 Å². The Kier molecular flexibility index (Phi) is 5.70. The SMILES string of the molecule is CCC(O)c1cccc(S(=O)(=O)NCC(C)(C)OC)c1. The van der Waals surface area contributed by atoms with Crippen molar-refractivity contribution in [3.63, 3.8) is 0 Å². The van der Waals surface area contributed by atoms with Crippen molar-refractivity contribution in [1.29, 1.82) is 0 Å². The molecule has 1 unspecified atom stereocenters. The second kappa shape index (κ2) is 6.67. The van der Waals surface area contributed by atoms with Crippen LogP contribution in [0.4, 0.5) is 0 Å². The summed E-state index contributed by atoms with van der Waals surface area (Å²) < 4.78 is 32.1. The number of hydrogen-bond donors (Lipinski definition) is 2. The molecule has 0 amide bonds. The number of methoxy groups -OCH3 is 1. The summed E-state index contributed by atoms with van der Waals surface area (Å²) in [5, 5.41) is 9.78. The fraction of sp³-hybridized carbons (Fsp3) is 0.571. The fourth-order valence-electron chi connectivity index (χ4n) is 1.55. The third-order valence-electron chi connectivity index (χ3n) is 3.18. The van der Waals surface area contributed by atoms with Crippen LogP contribution >= 0.6 is 0 Å². The van der Waals surface area contributed by atoms with Gasteiger partial charge < -0.3 is 9.84 Å². The maximum Gasteiger partial charge on any atom is 0.240 e. The van der Waals surface area contributed by atoms with Gasteiger partial charge in [-0.3, -0.25) is 0 Å². The average molecular weight is 301 g/mol. The number of benzene rings is 1. The average Bonchev–Trinajstić information content (AvgIpc) is 2.45.